The Hall–Kier alpha value is -2.35. The molecule has 9 nitrogen and oxygen atoms in total. The van der Waals surface area contributed by atoms with E-state index in [4.69, 9.17) is 0 Å². The molecule has 1 saturated heterocycles. The molecule has 164 valence electrons. The second kappa shape index (κ2) is 9.42. The van der Waals surface area contributed by atoms with Crippen LogP contribution in [0.25, 0.3) is 0 Å². The van der Waals surface area contributed by atoms with Gasteiger partial charge >= 0.3 is 0 Å². The number of thioether (sulfide) groups is 1. The van der Waals surface area contributed by atoms with Crippen molar-refractivity contribution in [2.24, 2.45) is 0 Å². The molecule has 0 bridgehead atoms. The van der Waals surface area contributed by atoms with Crippen LogP contribution >= 0.6 is 23.1 Å². The van der Waals surface area contributed by atoms with Crippen molar-refractivity contribution in [1.29, 1.82) is 0 Å². The maximum atomic E-state index is 13.9. The lowest BCUT2D eigenvalue weighted by atomic mass is 10.3. The van der Waals surface area contributed by atoms with Crippen LogP contribution in [-0.4, -0.2) is 75.7 Å². The molecule has 0 spiro atoms. The SMILES string of the molecule is O=C(CSc1nnnn1Cc1cccs1)N1CCN(S(=O)(=O)c2ccccc2F)CC1. The first kappa shape index (κ1) is 21.9. The van der Waals surface area contributed by atoms with Crippen molar-refractivity contribution in [1.82, 2.24) is 29.4 Å². The van der Waals surface area contributed by atoms with Gasteiger partial charge < -0.3 is 4.90 Å². The van der Waals surface area contributed by atoms with Crippen LogP contribution in [-0.2, 0) is 21.4 Å². The van der Waals surface area contributed by atoms with Crippen molar-refractivity contribution < 1.29 is 17.6 Å². The smallest absolute Gasteiger partial charge is 0.246 e. The van der Waals surface area contributed by atoms with Gasteiger partial charge in [0.25, 0.3) is 0 Å². The highest BCUT2D eigenvalue weighted by molar-refractivity contribution is 7.99. The maximum absolute atomic E-state index is 13.9. The van der Waals surface area contributed by atoms with Crippen LogP contribution in [0.1, 0.15) is 4.88 Å². The van der Waals surface area contributed by atoms with Crippen molar-refractivity contribution in [3.05, 3.63) is 52.5 Å². The summed E-state index contributed by atoms with van der Waals surface area (Å²) in [5.74, 6) is -0.762. The number of piperazine rings is 1. The third kappa shape index (κ3) is 4.95. The number of amides is 1. The molecule has 2 aromatic heterocycles. The van der Waals surface area contributed by atoms with E-state index >= 15 is 0 Å². The number of nitrogens with zero attached hydrogens (tertiary/aromatic N) is 6. The average molecular weight is 483 g/mol. The summed E-state index contributed by atoms with van der Waals surface area (Å²) in [7, 11) is -3.93. The van der Waals surface area contributed by atoms with E-state index in [1.807, 2.05) is 17.5 Å². The number of sulfonamides is 1. The molecule has 4 rings (SSSR count). The van der Waals surface area contributed by atoms with Crippen molar-refractivity contribution >= 4 is 39.0 Å². The van der Waals surface area contributed by atoms with Crippen molar-refractivity contribution in [2.75, 3.05) is 31.9 Å². The molecule has 1 aliphatic heterocycles. The van der Waals surface area contributed by atoms with Gasteiger partial charge in [-0.3, -0.25) is 4.79 Å². The summed E-state index contributed by atoms with van der Waals surface area (Å²) in [6.07, 6.45) is 0. The first-order valence-corrected chi connectivity index (χ1v) is 12.7. The van der Waals surface area contributed by atoms with Gasteiger partial charge in [-0.1, -0.05) is 30.0 Å². The zero-order valence-corrected chi connectivity index (χ0v) is 18.7. The molecule has 31 heavy (non-hydrogen) atoms. The number of halogens is 1. The Morgan fingerprint density at radius 2 is 1.90 bits per heavy atom. The molecule has 3 aromatic rings. The third-order valence-corrected chi connectivity index (χ3v) is 8.49. The topological polar surface area (TPSA) is 101 Å². The summed E-state index contributed by atoms with van der Waals surface area (Å²) in [5, 5.41) is 14.1. The number of tetrazole rings is 1. The molecule has 0 atom stereocenters. The quantitative estimate of drug-likeness (QED) is 0.471. The molecule has 1 aliphatic rings. The largest absolute Gasteiger partial charge is 0.339 e. The highest BCUT2D eigenvalue weighted by atomic mass is 32.2. The third-order valence-electron chi connectivity index (χ3n) is 4.76. The lowest BCUT2D eigenvalue weighted by Crippen LogP contribution is -2.51. The zero-order chi connectivity index (χ0) is 21.8. The Morgan fingerprint density at radius 3 is 2.61 bits per heavy atom. The normalized spacial score (nSPS) is 15.3. The van der Waals surface area contributed by atoms with Crippen LogP contribution in [0.5, 0.6) is 0 Å². The van der Waals surface area contributed by atoms with Gasteiger partial charge in [0.2, 0.25) is 21.1 Å². The Kier molecular flexibility index (Phi) is 6.65. The number of carbonyl (C=O) groups is 1. The number of hydrogen-bond donors (Lipinski definition) is 0. The second-order valence-corrected chi connectivity index (χ2v) is 10.6. The number of thiophene rings is 1. The minimum atomic E-state index is -3.93. The monoisotopic (exact) mass is 482 g/mol. The molecule has 0 radical (unpaired) electrons. The van der Waals surface area contributed by atoms with Gasteiger partial charge in [-0.15, -0.1) is 16.4 Å². The lowest BCUT2D eigenvalue weighted by Gasteiger charge is -2.34. The summed E-state index contributed by atoms with van der Waals surface area (Å²) in [6.45, 7) is 1.25. The predicted octanol–water partition coefficient (Wildman–Crippen LogP) is 1.55. The highest BCUT2D eigenvalue weighted by Gasteiger charge is 2.31. The summed E-state index contributed by atoms with van der Waals surface area (Å²) in [4.78, 5) is 15.0. The molecule has 1 amide bonds. The zero-order valence-electron chi connectivity index (χ0n) is 16.3. The number of benzene rings is 1. The lowest BCUT2D eigenvalue weighted by molar-refractivity contribution is -0.129. The second-order valence-electron chi connectivity index (χ2n) is 6.70. The summed E-state index contributed by atoms with van der Waals surface area (Å²) in [5.41, 5.74) is 0. The van der Waals surface area contributed by atoms with Crippen LogP contribution in [0.2, 0.25) is 0 Å². The van der Waals surface area contributed by atoms with E-state index in [1.54, 1.807) is 20.9 Å². The molecule has 0 N–H and O–H groups in total. The van der Waals surface area contributed by atoms with E-state index in [1.165, 1.54) is 34.3 Å². The Balaban J connectivity index is 1.31. The Labute approximate surface area is 186 Å². The van der Waals surface area contributed by atoms with Crippen molar-refractivity contribution in [3.8, 4) is 0 Å². The van der Waals surface area contributed by atoms with Crippen LogP contribution in [0.15, 0.2) is 51.8 Å². The summed E-state index contributed by atoms with van der Waals surface area (Å²) >= 11 is 2.84. The van der Waals surface area contributed by atoms with E-state index in [-0.39, 0.29) is 42.7 Å². The van der Waals surface area contributed by atoms with Crippen molar-refractivity contribution in [3.63, 3.8) is 0 Å². The number of hydrogen-bond acceptors (Lipinski definition) is 8. The first-order valence-electron chi connectivity index (χ1n) is 9.39. The summed E-state index contributed by atoms with van der Waals surface area (Å²) in [6, 6.07) is 9.24. The first-order chi connectivity index (χ1) is 14.9. The Morgan fingerprint density at radius 1 is 1.13 bits per heavy atom. The number of aromatic nitrogens is 4. The van der Waals surface area contributed by atoms with Crippen LogP contribution < -0.4 is 0 Å². The molecule has 1 fully saturated rings. The molecular formula is C18H19FN6O3S3. The van der Waals surface area contributed by atoms with Crippen LogP contribution in [0, 0.1) is 5.82 Å². The van der Waals surface area contributed by atoms with E-state index in [0.717, 1.165) is 10.9 Å². The van der Waals surface area contributed by atoms with Gasteiger partial charge in [0, 0.05) is 31.1 Å². The standard InChI is InChI=1S/C18H19FN6O3S3/c19-15-5-1-2-6-16(15)31(27,28)24-9-7-23(8-10-24)17(26)13-30-18-20-21-22-25(18)12-14-4-3-11-29-14/h1-6,11H,7-10,12-13H2. The molecule has 13 heteroatoms. The van der Waals surface area contributed by atoms with Gasteiger partial charge in [-0.2, -0.15) is 4.31 Å². The molecule has 1 aromatic carbocycles. The van der Waals surface area contributed by atoms with Gasteiger partial charge in [0.1, 0.15) is 10.7 Å². The van der Waals surface area contributed by atoms with E-state index in [9.17, 15) is 17.6 Å². The highest BCUT2D eigenvalue weighted by Crippen LogP contribution is 2.22. The van der Waals surface area contributed by atoms with Gasteiger partial charge in [0.15, 0.2) is 0 Å². The predicted molar refractivity (Wildman–Crippen MR) is 114 cm³/mol. The van der Waals surface area contributed by atoms with Crippen molar-refractivity contribution in [2.45, 2.75) is 16.6 Å². The Bertz CT molecular complexity index is 1140. The van der Waals surface area contributed by atoms with Gasteiger partial charge in [-0.25, -0.2) is 17.5 Å². The molecule has 0 unspecified atom stereocenters. The van der Waals surface area contributed by atoms with Gasteiger partial charge in [-0.05, 0) is 34.0 Å². The minimum Gasteiger partial charge on any atom is -0.339 e. The maximum Gasteiger partial charge on any atom is 0.246 e. The number of carbonyl (C=O) groups excluding carboxylic acids is 1. The molecular weight excluding hydrogens is 463 g/mol. The van der Waals surface area contributed by atoms with E-state index in [0.29, 0.717) is 11.7 Å². The van der Waals surface area contributed by atoms with Crippen LogP contribution in [0.4, 0.5) is 4.39 Å². The minimum absolute atomic E-state index is 0.114. The van der Waals surface area contributed by atoms with Gasteiger partial charge in [0.05, 0.1) is 12.3 Å². The van der Waals surface area contributed by atoms with E-state index < -0.39 is 15.8 Å². The number of rotatable bonds is 7. The molecule has 0 saturated carbocycles. The fraction of sp³-hybridized carbons (Fsp3) is 0.333. The molecule has 3 heterocycles. The summed E-state index contributed by atoms with van der Waals surface area (Å²) < 4.78 is 42.2. The van der Waals surface area contributed by atoms with Crippen LogP contribution in [0.3, 0.4) is 0 Å². The average Bonchev–Trinajstić information content (AvgIpc) is 3.45. The molecule has 0 aliphatic carbocycles. The van der Waals surface area contributed by atoms with E-state index in [2.05, 4.69) is 15.5 Å². The fourth-order valence-corrected chi connectivity index (χ4v) is 6.09. The fourth-order valence-electron chi connectivity index (χ4n) is 3.14.